The number of H-pyrrole nitrogens is 2. The molecule has 200 valence electrons. The molecule has 0 radical (unpaired) electrons. The molecule has 3 N–H and O–H groups in total. The van der Waals surface area contributed by atoms with Crippen LogP contribution in [-0.4, -0.2) is 66.4 Å². The second-order valence-corrected chi connectivity index (χ2v) is 10.0. The maximum Gasteiger partial charge on any atom is 0.155 e. The molecule has 1 saturated heterocycles. The van der Waals surface area contributed by atoms with Crippen molar-refractivity contribution in [1.82, 2.24) is 35.0 Å². The Labute approximate surface area is 228 Å². The Bertz CT molecular complexity index is 1820. The van der Waals surface area contributed by atoms with E-state index in [-0.39, 0.29) is 5.75 Å². The number of halogens is 1. The molecule has 0 atom stereocenters. The van der Waals surface area contributed by atoms with Crippen LogP contribution in [0.15, 0.2) is 67.3 Å². The second-order valence-electron chi connectivity index (χ2n) is 10.0. The number of ether oxygens (including phenoxy) is 1. The van der Waals surface area contributed by atoms with E-state index in [0.29, 0.717) is 29.2 Å². The van der Waals surface area contributed by atoms with Crippen molar-refractivity contribution in [2.45, 2.75) is 12.8 Å². The largest absolute Gasteiger partial charge is 0.508 e. The molecule has 9 nitrogen and oxygen atoms in total. The number of nitrogens with one attached hydrogen (secondary N) is 2. The van der Waals surface area contributed by atoms with E-state index in [1.807, 2.05) is 24.3 Å². The summed E-state index contributed by atoms with van der Waals surface area (Å²) in [6.07, 6.45) is 9.49. The van der Waals surface area contributed by atoms with Crippen molar-refractivity contribution in [2.75, 3.05) is 26.2 Å². The Morgan fingerprint density at radius 1 is 0.900 bits per heavy atom. The lowest BCUT2D eigenvalue weighted by atomic mass is 10.1. The lowest BCUT2D eigenvalue weighted by molar-refractivity contribution is 0.237. The number of nitrogens with zero attached hydrogens (tertiary/aromatic N) is 5. The first-order valence-electron chi connectivity index (χ1n) is 13.2. The summed E-state index contributed by atoms with van der Waals surface area (Å²) in [5.41, 5.74) is 5.74. The zero-order valence-electron chi connectivity index (χ0n) is 21.6. The first-order valence-corrected chi connectivity index (χ1v) is 13.2. The summed E-state index contributed by atoms with van der Waals surface area (Å²) in [6.45, 7) is 3.82. The van der Waals surface area contributed by atoms with E-state index in [0.717, 1.165) is 64.6 Å². The van der Waals surface area contributed by atoms with Gasteiger partial charge in [0.15, 0.2) is 5.65 Å². The van der Waals surface area contributed by atoms with Gasteiger partial charge in [0.1, 0.15) is 29.6 Å². The number of pyridine rings is 3. The number of hydrogen-bond acceptors (Lipinski definition) is 7. The van der Waals surface area contributed by atoms with Crippen LogP contribution in [0, 0.1) is 5.82 Å². The number of benzene rings is 1. The minimum atomic E-state index is -0.531. The van der Waals surface area contributed by atoms with Gasteiger partial charge in [0.2, 0.25) is 0 Å². The van der Waals surface area contributed by atoms with E-state index in [1.54, 1.807) is 24.8 Å². The molecule has 0 saturated carbocycles. The van der Waals surface area contributed by atoms with Gasteiger partial charge < -0.3 is 14.8 Å². The van der Waals surface area contributed by atoms with Crippen LogP contribution in [0.3, 0.4) is 0 Å². The minimum Gasteiger partial charge on any atom is -0.508 e. The maximum atomic E-state index is 14.0. The summed E-state index contributed by atoms with van der Waals surface area (Å²) in [5, 5.41) is 19.1. The van der Waals surface area contributed by atoms with E-state index in [1.165, 1.54) is 25.0 Å². The van der Waals surface area contributed by atoms with Gasteiger partial charge in [-0.15, -0.1) is 0 Å². The molecule has 0 unspecified atom stereocenters. The van der Waals surface area contributed by atoms with E-state index in [2.05, 4.69) is 35.0 Å². The van der Waals surface area contributed by atoms with Gasteiger partial charge in [-0.1, -0.05) is 0 Å². The predicted molar refractivity (Wildman–Crippen MR) is 150 cm³/mol. The van der Waals surface area contributed by atoms with Gasteiger partial charge in [0, 0.05) is 64.2 Å². The Kier molecular flexibility index (Phi) is 6.09. The third-order valence-electron chi connectivity index (χ3n) is 7.30. The third-order valence-corrected chi connectivity index (χ3v) is 7.30. The number of likely N-dealkylation sites (tertiary alicyclic amines) is 1. The zero-order chi connectivity index (χ0) is 27.1. The quantitative estimate of drug-likeness (QED) is 0.245. The molecular formula is C30H26FN7O2. The standard InChI is InChI=1S/C30H26FN7O2/c31-21-9-18(10-22(39)13-21)28-24-14-27(35-26(24)3-4-33-28)29-25-12-20(16-34-30(25)37-36-29)19-11-23(17-32-15-19)40-8-7-38-5-1-2-6-38/h3-4,9-17,35,39H,1-2,5-8H2,(H,34,36,37). The molecule has 6 aromatic rings. The molecule has 5 aromatic heterocycles. The average molecular weight is 536 g/mol. The summed E-state index contributed by atoms with van der Waals surface area (Å²) in [5.74, 6) is 0.0391. The molecular weight excluding hydrogens is 509 g/mol. The van der Waals surface area contributed by atoms with Crippen LogP contribution in [0.25, 0.3) is 55.7 Å². The van der Waals surface area contributed by atoms with Crippen LogP contribution in [0.2, 0.25) is 0 Å². The average Bonchev–Trinajstić information content (AvgIpc) is 3.71. The van der Waals surface area contributed by atoms with Crippen LogP contribution >= 0.6 is 0 Å². The third kappa shape index (κ3) is 4.62. The number of rotatable bonds is 7. The summed E-state index contributed by atoms with van der Waals surface area (Å²) in [6, 6.07) is 11.7. The number of aromatic amines is 2. The molecule has 7 rings (SSSR count). The smallest absolute Gasteiger partial charge is 0.155 e. The van der Waals surface area contributed by atoms with Gasteiger partial charge in [-0.05, 0) is 62.3 Å². The number of phenolic OH excluding ortho intramolecular Hbond substituents is 1. The highest BCUT2D eigenvalue weighted by molar-refractivity contribution is 6.00. The van der Waals surface area contributed by atoms with Gasteiger partial charge in [-0.3, -0.25) is 20.0 Å². The summed E-state index contributed by atoms with van der Waals surface area (Å²) < 4.78 is 20.0. The van der Waals surface area contributed by atoms with Crippen LogP contribution in [-0.2, 0) is 0 Å². The molecule has 1 aromatic carbocycles. The zero-order valence-corrected chi connectivity index (χ0v) is 21.6. The molecule has 1 aliphatic rings. The number of aromatic nitrogens is 6. The highest BCUT2D eigenvalue weighted by Gasteiger charge is 2.17. The Hall–Kier alpha value is -4.83. The number of hydrogen-bond donors (Lipinski definition) is 3. The Morgan fingerprint density at radius 3 is 2.65 bits per heavy atom. The van der Waals surface area contributed by atoms with Gasteiger partial charge in [-0.2, -0.15) is 5.10 Å². The molecule has 0 amide bonds. The normalized spacial score (nSPS) is 13.9. The van der Waals surface area contributed by atoms with Crippen molar-refractivity contribution in [3.8, 4) is 45.3 Å². The number of aromatic hydroxyl groups is 1. The molecule has 0 aliphatic carbocycles. The Balaban J connectivity index is 1.21. The van der Waals surface area contributed by atoms with E-state index in [9.17, 15) is 9.50 Å². The summed E-state index contributed by atoms with van der Waals surface area (Å²) in [4.78, 5) is 19.3. The number of fused-ring (bicyclic) bond motifs is 2. The second kappa shape index (κ2) is 10.0. The molecule has 1 aliphatic heterocycles. The van der Waals surface area contributed by atoms with Gasteiger partial charge in [0.25, 0.3) is 0 Å². The van der Waals surface area contributed by atoms with Gasteiger partial charge >= 0.3 is 0 Å². The first kappa shape index (κ1) is 24.2. The van der Waals surface area contributed by atoms with Crippen molar-refractivity contribution in [3.05, 3.63) is 73.1 Å². The fourth-order valence-electron chi connectivity index (χ4n) is 5.34. The molecule has 40 heavy (non-hydrogen) atoms. The highest BCUT2D eigenvalue weighted by atomic mass is 19.1. The fourth-order valence-corrected chi connectivity index (χ4v) is 5.34. The van der Waals surface area contributed by atoms with Gasteiger partial charge in [0.05, 0.1) is 17.6 Å². The van der Waals surface area contributed by atoms with Crippen LogP contribution in [0.5, 0.6) is 11.5 Å². The van der Waals surface area contributed by atoms with Crippen LogP contribution in [0.4, 0.5) is 4.39 Å². The Morgan fingerprint density at radius 2 is 1.77 bits per heavy atom. The van der Waals surface area contributed by atoms with Crippen molar-refractivity contribution in [3.63, 3.8) is 0 Å². The highest BCUT2D eigenvalue weighted by Crippen LogP contribution is 2.35. The monoisotopic (exact) mass is 535 g/mol. The van der Waals surface area contributed by atoms with Crippen molar-refractivity contribution >= 4 is 21.9 Å². The lowest BCUT2D eigenvalue weighted by Crippen LogP contribution is -2.25. The topological polar surface area (TPSA) is 116 Å². The summed E-state index contributed by atoms with van der Waals surface area (Å²) in [7, 11) is 0. The van der Waals surface area contributed by atoms with Gasteiger partial charge in [-0.25, -0.2) is 9.37 Å². The SMILES string of the molecule is Oc1cc(F)cc(-c2nccc3[nH]c(-c4n[nH]c5ncc(-c6cncc(OCCN7CCCC7)c6)cc45)cc23)c1. The first-order chi connectivity index (χ1) is 19.6. The lowest BCUT2D eigenvalue weighted by Gasteiger charge is -2.15. The van der Waals surface area contributed by atoms with Crippen LogP contribution in [0.1, 0.15) is 12.8 Å². The molecule has 6 heterocycles. The van der Waals surface area contributed by atoms with Crippen LogP contribution < -0.4 is 4.74 Å². The van der Waals surface area contributed by atoms with E-state index in [4.69, 9.17) is 4.74 Å². The van der Waals surface area contributed by atoms with Crippen molar-refractivity contribution in [2.24, 2.45) is 0 Å². The molecule has 0 bridgehead atoms. The van der Waals surface area contributed by atoms with E-state index >= 15 is 0 Å². The summed E-state index contributed by atoms with van der Waals surface area (Å²) >= 11 is 0. The number of phenols is 1. The minimum absolute atomic E-state index is 0.156. The molecule has 0 spiro atoms. The molecule has 10 heteroatoms. The van der Waals surface area contributed by atoms with E-state index < -0.39 is 5.82 Å². The van der Waals surface area contributed by atoms with Crippen molar-refractivity contribution < 1.29 is 14.2 Å². The molecule has 1 fully saturated rings. The van der Waals surface area contributed by atoms with Crippen molar-refractivity contribution in [1.29, 1.82) is 0 Å². The predicted octanol–water partition coefficient (Wildman–Crippen LogP) is 5.55. The maximum absolute atomic E-state index is 14.0. The fraction of sp³-hybridized carbons (Fsp3) is 0.200.